The summed E-state index contributed by atoms with van der Waals surface area (Å²) >= 11 is 0. The van der Waals surface area contributed by atoms with E-state index in [-0.39, 0.29) is 17.5 Å². The van der Waals surface area contributed by atoms with Crippen molar-refractivity contribution in [1.29, 1.82) is 0 Å². The predicted octanol–water partition coefficient (Wildman–Crippen LogP) is 5.57. The number of anilines is 1. The first kappa shape index (κ1) is 25.9. The van der Waals surface area contributed by atoms with Gasteiger partial charge < -0.3 is 24.8 Å². The van der Waals surface area contributed by atoms with Crippen LogP contribution in [-0.4, -0.2) is 34.4 Å². The Morgan fingerprint density at radius 1 is 1.00 bits per heavy atom. The van der Waals surface area contributed by atoms with Crippen LogP contribution in [0.4, 0.5) is 5.69 Å². The molecule has 0 fully saturated rings. The minimum absolute atomic E-state index is 0.0000955. The lowest BCUT2D eigenvalue weighted by Gasteiger charge is -2.19. The molecule has 1 aliphatic rings. The molecule has 0 heterocycles. The molecule has 0 radical (unpaired) electrons. The van der Waals surface area contributed by atoms with E-state index in [0.717, 1.165) is 47.9 Å². The van der Waals surface area contributed by atoms with Gasteiger partial charge in [-0.3, -0.25) is 4.79 Å². The smallest absolute Gasteiger partial charge is 0.203 e. The highest BCUT2D eigenvalue weighted by Gasteiger charge is 2.28. The summed E-state index contributed by atoms with van der Waals surface area (Å²) in [5, 5.41) is 6.87. The summed E-state index contributed by atoms with van der Waals surface area (Å²) in [6.07, 6.45) is 5.04. The fourth-order valence-electron chi connectivity index (χ4n) is 4.90. The van der Waals surface area contributed by atoms with Crippen molar-refractivity contribution in [2.45, 2.75) is 65.0 Å². The average Bonchev–Trinajstić information content (AvgIpc) is 3.06. The van der Waals surface area contributed by atoms with E-state index < -0.39 is 0 Å². The largest absolute Gasteiger partial charge is 0.493 e. The SMILES string of the molecule is CN[C@H]1CCc2cc(OC)c(OC)c(OC)c2-c2ccc(N[C@@H](C)CCCC(C)C)c(=O)cc21. The first-order chi connectivity index (χ1) is 16.3. The van der Waals surface area contributed by atoms with Gasteiger partial charge in [0.2, 0.25) is 11.2 Å². The van der Waals surface area contributed by atoms with Gasteiger partial charge in [0.25, 0.3) is 0 Å². The molecule has 0 amide bonds. The summed E-state index contributed by atoms with van der Waals surface area (Å²) < 4.78 is 17.1. The number of methoxy groups -OCH3 is 3. The van der Waals surface area contributed by atoms with Gasteiger partial charge in [0.1, 0.15) is 0 Å². The highest BCUT2D eigenvalue weighted by atomic mass is 16.5. The van der Waals surface area contributed by atoms with Gasteiger partial charge in [-0.1, -0.05) is 32.8 Å². The van der Waals surface area contributed by atoms with E-state index in [4.69, 9.17) is 14.2 Å². The van der Waals surface area contributed by atoms with Crippen LogP contribution in [0.2, 0.25) is 0 Å². The monoisotopic (exact) mass is 468 g/mol. The van der Waals surface area contributed by atoms with E-state index in [2.05, 4.69) is 31.4 Å². The highest BCUT2D eigenvalue weighted by Crippen LogP contribution is 2.50. The van der Waals surface area contributed by atoms with Crippen LogP contribution in [0.1, 0.15) is 63.6 Å². The third kappa shape index (κ3) is 5.49. The second-order valence-corrected chi connectivity index (χ2v) is 9.55. The maximum absolute atomic E-state index is 13.3. The summed E-state index contributed by atoms with van der Waals surface area (Å²) in [6, 6.07) is 8.03. The number of ether oxygens (including phenoxy) is 3. The second-order valence-electron chi connectivity index (χ2n) is 9.55. The number of aryl methyl sites for hydroxylation is 1. The molecule has 2 aromatic rings. The van der Waals surface area contributed by atoms with Gasteiger partial charge in [-0.15, -0.1) is 0 Å². The molecule has 0 bridgehead atoms. The van der Waals surface area contributed by atoms with Crippen LogP contribution in [0.15, 0.2) is 29.1 Å². The lowest BCUT2D eigenvalue weighted by atomic mass is 9.95. The van der Waals surface area contributed by atoms with Crippen LogP contribution in [0, 0.1) is 5.92 Å². The number of benzene rings is 1. The molecule has 0 saturated carbocycles. The van der Waals surface area contributed by atoms with Crippen molar-refractivity contribution in [3.8, 4) is 28.4 Å². The molecule has 2 aromatic carbocycles. The van der Waals surface area contributed by atoms with Crippen LogP contribution in [0.3, 0.4) is 0 Å². The predicted molar refractivity (Wildman–Crippen MR) is 140 cm³/mol. The zero-order valence-electron chi connectivity index (χ0n) is 21.7. The molecule has 0 saturated heterocycles. The lowest BCUT2D eigenvalue weighted by molar-refractivity contribution is 0.324. The van der Waals surface area contributed by atoms with E-state index >= 15 is 0 Å². The molecule has 0 unspecified atom stereocenters. The minimum atomic E-state index is 0.0000955. The van der Waals surface area contributed by atoms with Crippen molar-refractivity contribution in [3.05, 3.63) is 45.6 Å². The normalized spacial score (nSPS) is 15.7. The van der Waals surface area contributed by atoms with Gasteiger partial charge in [0, 0.05) is 17.6 Å². The molecule has 1 aliphatic carbocycles. The number of hydrogen-bond acceptors (Lipinski definition) is 6. The molecule has 2 atom stereocenters. The number of nitrogens with one attached hydrogen (secondary N) is 2. The van der Waals surface area contributed by atoms with Crippen molar-refractivity contribution < 1.29 is 14.2 Å². The Labute approximate surface area is 204 Å². The van der Waals surface area contributed by atoms with Crippen molar-refractivity contribution >= 4 is 5.69 Å². The van der Waals surface area contributed by atoms with Crippen LogP contribution >= 0.6 is 0 Å². The molecule has 2 N–H and O–H groups in total. The Morgan fingerprint density at radius 2 is 1.74 bits per heavy atom. The molecule has 6 heteroatoms. The van der Waals surface area contributed by atoms with Gasteiger partial charge in [-0.05, 0) is 74.0 Å². The van der Waals surface area contributed by atoms with E-state index in [1.165, 1.54) is 6.42 Å². The summed E-state index contributed by atoms with van der Waals surface area (Å²) in [7, 11) is 6.83. The van der Waals surface area contributed by atoms with Crippen LogP contribution in [0.5, 0.6) is 17.2 Å². The van der Waals surface area contributed by atoms with Gasteiger partial charge >= 0.3 is 0 Å². The topological polar surface area (TPSA) is 68.8 Å². The van der Waals surface area contributed by atoms with E-state index in [0.29, 0.717) is 28.9 Å². The molecule has 0 spiro atoms. The third-order valence-electron chi connectivity index (χ3n) is 6.71. The minimum Gasteiger partial charge on any atom is -0.493 e. The Hall–Kier alpha value is -2.73. The molecule has 0 aromatic heterocycles. The molecular weight excluding hydrogens is 428 g/mol. The van der Waals surface area contributed by atoms with Gasteiger partial charge in [-0.25, -0.2) is 0 Å². The molecule has 3 rings (SSSR count). The Bertz CT molecular complexity index is 1050. The second kappa shape index (κ2) is 11.6. The van der Waals surface area contributed by atoms with E-state index in [1.807, 2.05) is 25.2 Å². The van der Waals surface area contributed by atoms with Crippen molar-refractivity contribution in [2.24, 2.45) is 5.92 Å². The van der Waals surface area contributed by atoms with Crippen LogP contribution in [-0.2, 0) is 6.42 Å². The molecule has 0 aliphatic heterocycles. The van der Waals surface area contributed by atoms with Crippen molar-refractivity contribution in [2.75, 3.05) is 33.7 Å². The zero-order valence-corrected chi connectivity index (χ0v) is 21.7. The summed E-state index contributed by atoms with van der Waals surface area (Å²) in [5.41, 5.74) is 4.64. The molecule has 186 valence electrons. The standard InChI is InChI=1S/C28H40N2O4/c1-17(2)9-8-10-18(3)30-23-14-12-20-21(16-24(23)31)22(29-4)13-11-19-15-25(32-5)27(33-6)28(34-7)26(19)20/h12,14-18,22,29H,8-11,13H2,1-7H3,(H,30,31)/t18-,22-/m0/s1. The third-order valence-corrected chi connectivity index (χ3v) is 6.71. The van der Waals surface area contributed by atoms with E-state index in [9.17, 15) is 4.79 Å². The maximum atomic E-state index is 13.3. The van der Waals surface area contributed by atoms with Crippen molar-refractivity contribution in [3.63, 3.8) is 0 Å². The Balaban J connectivity index is 2.13. The first-order valence-electron chi connectivity index (χ1n) is 12.3. The molecule has 6 nitrogen and oxygen atoms in total. The lowest BCUT2D eigenvalue weighted by Crippen LogP contribution is -2.20. The summed E-state index contributed by atoms with van der Waals surface area (Å²) in [6.45, 7) is 6.63. The van der Waals surface area contributed by atoms with Crippen molar-refractivity contribution in [1.82, 2.24) is 5.32 Å². The number of rotatable bonds is 10. The summed E-state index contributed by atoms with van der Waals surface area (Å²) in [4.78, 5) is 13.3. The first-order valence-corrected chi connectivity index (χ1v) is 12.3. The summed E-state index contributed by atoms with van der Waals surface area (Å²) in [5.74, 6) is 2.52. The van der Waals surface area contributed by atoms with Crippen LogP contribution in [0.25, 0.3) is 11.1 Å². The van der Waals surface area contributed by atoms with Crippen LogP contribution < -0.4 is 30.3 Å². The maximum Gasteiger partial charge on any atom is 0.203 e. The quantitative estimate of drug-likeness (QED) is 0.475. The van der Waals surface area contributed by atoms with Gasteiger partial charge in [0.15, 0.2) is 11.5 Å². The Morgan fingerprint density at radius 3 is 2.35 bits per heavy atom. The Kier molecular flexibility index (Phi) is 8.84. The zero-order chi connectivity index (χ0) is 24.8. The average molecular weight is 469 g/mol. The van der Waals surface area contributed by atoms with Gasteiger partial charge in [0.05, 0.1) is 27.0 Å². The molecular formula is C28H40N2O4. The number of hydrogen-bond donors (Lipinski definition) is 2. The number of fused-ring (bicyclic) bond motifs is 3. The molecule has 34 heavy (non-hydrogen) atoms. The fraction of sp³-hybridized carbons (Fsp3) is 0.536. The van der Waals surface area contributed by atoms with E-state index in [1.54, 1.807) is 27.4 Å². The van der Waals surface area contributed by atoms with Gasteiger partial charge in [-0.2, -0.15) is 0 Å². The highest BCUT2D eigenvalue weighted by molar-refractivity contribution is 5.83. The fourth-order valence-corrected chi connectivity index (χ4v) is 4.90.